The molecule has 17 heavy (non-hydrogen) atoms. The van der Waals surface area contributed by atoms with E-state index in [1.807, 2.05) is 6.08 Å². The van der Waals surface area contributed by atoms with Crippen LogP contribution in [0.4, 0.5) is 0 Å². The number of carbonyl (C=O) groups is 1. The first-order chi connectivity index (χ1) is 7.98. The van der Waals surface area contributed by atoms with Crippen molar-refractivity contribution in [2.45, 2.75) is 52.4 Å². The van der Waals surface area contributed by atoms with Crippen molar-refractivity contribution < 1.29 is 9.90 Å². The lowest BCUT2D eigenvalue weighted by Crippen LogP contribution is -2.21. The second-order valence-corrected chi connectivity index (χ2v) is 6.16. The third kappa shape index (κ3) is 2.99. The molecule has 94 valence electrons. The molecule has 1 atom stereocenters. The van der Waals surface area contributed by atoms with E-state index >= 15 is 0 Å². The highest BCUT2D eigenvalue weighted by Gasteiger charge is 2.28. The maximum Gasteiger partial charge on any atom is 0.331 e. The van der Waals surface area contributed by atoms with Gasteiger partial charge in [0.05, 0.1) is 0 Å². The Bertz CT molecular complexity index is 374. The molecule has 0 heterocycles. The minimum absolute atomic E-state index is 0.431. The van der Waals surface area contributed by atoms with Gasteiger partial charge in [0.1, 0.15) is 0 Å². The van der Waals surface area contributed by atoms with Crippen molar-refractivity contribution in [1.82, 2.24) is 0 Å². The summed E-state index contributed by atoms with van der Waals surface area (Å²) in [6, 6.07) is 0. The SMILES string of the molecule is CC1(C)CCC=C(C2CC=C(C(=O)O)CC2)C1. The quantitative estimate of drug-likeness (QED) is 0.735. The lowest BCUT2D eigenvalue weighted by atomic mass is 9.71. The zero-order valence-corrected chi connectivity index (χ0v) is 10.8. The lowest BCUT2D eigenvalue weighted by molar-refractivity contribution is -0.132. The Hall–Kier alpha value is -1.05. The molecule has 0 aliphatic heterocycles. The molecule has 0 aromatic carbocycles. The minimum Gasteiger partial charge on any atom is -0.478 e. The van der Waals surface area contributed by atoms with Crippen LogP contribution in [0.3, 0.4) is 0 Å². The molecule has 0 radical (unpaired) electrons. The summed E-state index contributed by atoms with van der Waals surface area (Å²) in [5, 5.41) is 8.94. The van der Waals surface area contributed by atoms with Crippen LogP contribution in [0, 0.1) is 11.3 Å². The Kier molecular flexibility index (Phi) is 3.41. The molecule has 2 aliphatic carbocycles. The highest BCUT2D eigenvalue weighted by molar-refractivity contribution is 5.86. The Morgan fingerprint density at radius 2 is 2.18 bits per heavy atom. The van der Waals surface area contributed by atoms with E-state index in [1.165, 1.54) is 19.3 Å². The molecular formula is C15H22O2. The van der Waals surface area contributed by atoms with Crippen LogP contribution in [0.25, 0.3) is 0 Å². The highest BCUT2D eigenvalue weighted by atomic mass is 16.4. The molecule has 2 rings (SSSR count). The monoisotopic (exact) mass is 234 g/mol. The lowest BCUT2D eigenvalue weighted by Gasteiger charge is -2.34. The molecule has 2 heteroatoms. The van der Waals surface area contributed by atoms with Gasteiger partial charge in [0.15, 0.2) is 0 Å². The van der Waals surface area contributed by atoms with Gasteiger partial charge in [-0.15, -0.1) is 0 Å². The number of carboxylic acid groups (broad SMARTS) is 1. The van der Waals surface area contributed by atoms with E-state index in [1.54, 1.807) is 5.57 Å². The van der Waals surface area contributed by atoms with Gasteiger partial charge in [-0.1, -0.05) is 31.6 Å². The standard InChI is InChI=1S/C15H22O2/c1-15(2)9-3-4-13(10-15)11-5-7-12(8-6-11)14(16)17/h4,7,11H,3,5-6,8-10H2,1-2H3,(H,16,17). The van der Waals surface area contributed by atoms with Gasteiger partial charge in [-0.2, -0.15) is 0 Å². The number of allylic oxidation sites excluding steroid dienone is 3. The Morgan fingerprint density at radius 3 is 2.71 bits per heavy atom. The fraction of sp³-hybridized carbons (Fsp3) is 0.667. The van der Waals surface area contributed by atoms with Crippen LogP contribution in [-0.2, 0) is 4.79 Å². The van der Waals surface area contributed by atoms with Gasteiger partial charge >= 0.3 is 5.97 Å². The van der Waals surface area contributed by atoms with Gasteiger partial charge in [-0.05, 0) is 49.9 Å². The van der Waals surface area contributed by atoms with Crippen LogP contribution in [0.5, 0.6) is 0 Å². The zero-order valence-electron chi connectivity index (χ0n) is 10.8. The molecule has 0 bridgehead atoms. The Balaban J connectivity index is 2.02. The van der Waals surface area contributed by atoms with Crippen LogP contribution >= 0.6 is 0 Å². The second kappa shape index (κ2) is 4.67. The van der Waals surface area contributed by atoms with Gasteiger partial charge < -0.3 is 5.11 Å². The largest absolute Gasteiger partial charge is 0.478 e. The van der Waals surface area contributed by atoms with E-state index < -0.39 is 5.97 Å². The number of hydrogen-bond donors (Lipinski definition) is 1. The third-order valence-corrected chi connectivity index (χ3v) is 4.12. The van der Waals surface area contributed by atoms with Gasteiger partial charge in [-0.25, -0.2) is 4.79 Å². The molecule has 0 spiro atoms. The van der Waals surface area contributed by atoms with Crippen molar-refractivity contribution in [2.75, 3.05) is 0 Å². The van der Waals surface area contributed by atoms with Crippen molar-refractivity contribution >= 4 is 5.97 Å². The topological polar surface area (TPSA) is 37.3 Å². The van der Waals surface area contributed by atoms with Gasteiger partial charge in [0, 0.05) is 5.57 Å². The van der Waals surface area contributed by atoms with E-state index in [9.17, 15) is 4.79 Å². The summed E-state index contributed by atoms with van der Waals surface area (Å²) in [7, 11) is 0. The number of aliphatic carboxylic acids is 1. The number of hydrogen-bond acceptors (Lipinski definition) is 1. The molecule has 0 fully saturated rings. The van der Waals surface area contributed by atoms with Crippen LogP contribution in [0.15, 0.2) is 23.3 Å². The smallest absolute Gasteiger partial charge is 0.331 e. The first-order valence-corrected chi connectivity index (χ1v) is 6.59. The van der Waals surface area contributed by atoms with Crippen molar-refractivity contribution in [3.05, 3.63) is 23.3 Å². The van der Waals surface area contributed by atoms with Crippen LogP contribution in [0.1, 0.15) is 52.4 Å². The molecule has 1 N–H and O–H groups in total. The molecule has 0 amide bonds. The van der Waals surface area contributed by atoms with E-state index in [4.69, 9.17) is 5.11 Å². The van der Waals surface area contributed by atoms with E-state index in [-0.39, 0.29) is 0 Å². The van der Waals surface area contributed by atoms with Crippen molar-refractivity contribution in [1.29, 1.82) is 0 Å². The summed E-state index contributed by atoms with van der Waals surface area (Å²) in [5.74, 6) is -0.140. The summed E-state index contributed by atoms with van der Waals surface area (Å²) in [4.78, 5) is 10.9. The average Bonchev–Trinajstić information content (AvgIpc) is 2.28. The molecule has 2 aliphatic rings. The second-order valence-electron chi connectivity index (χ2n) is 6.16. The highest BCUT2D eigenvalue weighted by Crippen LogP contribution is 2.41. The van der Waals surface area contributed by atoms with Crippen LogP contribution < -0.4 is 0 Å². The molecule has 1 unspecified atom stereocenters. The first-order valence-electron chi connectivity index (χ1n) is 6.59. The molecule has 2 nitrogen and oxygen atoms in total. The molecule has 0 aromatic rings. The van der Waals surface area contributed by atoms with Crippen LogP contribution in [0.2, 0.25) is 0 Å². The molecular weight excluding hydrogens is 212 g/mol. The predicted molar refractivity (Wildman–Crippen MR) is 68.8 cm³/mol. The van der Waals surface area contributed by atoms with E-state index in [0.717, 1.165) is 19.3 Å². The minimum atomic E-state index is -0.735. The Labute approximate surface area is 103 Å². The fourth-order valence-electron chi connectivity index (χ4n) is 3.04. The van der Waals surface area contributed by atoms with Gasteiger partial charge in [0.25, 0.3) is 0 Å². The Morgan fingerprint density at radius 1 is 1.41 bits per heavy atom. The summed E-state index contributed by atoms with van der Waals surface area (Å²) in [5.41, 5.74) is 2.61. The van der Waals surface area contributed by atoms with Crippen molar-refractivity contribution in [3.8, 4) is 0 Å². The van der Waals surface area contributed by atoms with Gasteiger partial charge in [0.2, 0.25) is 0 Å². The van der Waals surface area contributed by atoms with Gasteiger partial charge in [-0.3, -0.25) is 0 Å². The van der Waals surface area contributed by atoms with Crippen molar-refractivity contribution in [2.24, 2.45) is 11.3 Å². The average molecular weight is 234 g/mol. The van der Waals surface area contributed by atoms with Crippen LogP contribution in [-0.4, -0.2) is 11.1 Å². The van der Waals surface area contributed by atoms with Crippen molar-refractivity contribution in [3.63, 3.8) is 0 Å². The molecule has 0 saturated carbocycles. The number of rotatable bonds is 2. The fourth-order valence-corrected chi connectivity index (χ4v) is 3.04. The van der Waals surface area contributed by atoms with E-state index in [2.05, 4.69) is 19.9 Å². The number of carboxylic acids is 1. The van der Waals surface area contributed by atoms with E-state index in [0.29, 0.717) is 16.9 Å². The molecule has 0 saturated heterocycles. The predicted octanol–water partition coefficient (Wildman–Crippen LogP) is 3.93. The maximum absolute atomic E-state index is 10.9. The maximum atomic E-state index is 10.9. The zero-order chi connectivity index (χ0) is 12.5. The third-order valence-electron chi connectivity index (χ3n) is 4.12. The normalized spacial score (nSPS) is 28.2. The summed E-state index contributed by atoms with van der Waals surface area (Å²) in [6.45, 7) is 4.67. The summed E-state index contributed by atoms with van der Waals surface area (Å²) >= 11 is 0. The summed E-state index contributed by atoms with van der Waals surface area (Å²) < 4.78 is 0. The summed E-state index contributed by atoms with van der Waals surface area (Å²) in [6.07, 6.45) is 10.7. The molecule has 0 aromatic heterocycles. The first kappa shape index (κ1) is 12.4.